The van der Waals surface area contributed by atoms with E-state index >= 15 is 0 Å². The van der Waals surface area contributed by atoms with Crippen molar-refractivity contribution < 1.29 is 22.0 Å². The lowest BCUT2D eigenvalue weighted by molar-refractivity contribution is -0.114. The summed E-state index contributed by atoms with van der Waals surface area (Å²) in [5.41, 5.74) is -0.332. The fourth-order valence-corrected chi connectivity index (χ4v) is 3.94. The molecule has 0 unspecified atom stereocenters. The van der Waals surface area contributed by atoms with E-state index in [0.29, 0.717) is 11.8 Å². The van der Waals surface area contributed by atoms with Crippen molar-refractivity contribution in [3.8, 4) is 0 Å². The maximum atomic E-state index is 14.0. The Labute approximate surface area is 145 Å². The summed E-state index contributed by atoms with van der Waals surface area (Å²) in [6.45, 7) is 1.14. The van der Waals surface area contributed by atoms with Crippen LogP contribution in [0.2, 0.25) is 0 Å². The van der Waals surface area contributed by atoms with Crippen LogP contribution in [0.4, 0.5) is 31.5 Å². The number of anilines is 2. The number of carbonyl (C=O) groups excluding carboxylic acids is 1. The Kier molecular flexibility index (Phi) is 4.35. The number of sulfonamides is 1. The van der Waals surface area contributed by atoms with Gasteiger partial charge in [0.2, 0.25) is 5.91 Å². The molecule has 1 aliphatic rings. The van der Waals surface area contributed by atoms with Crippen molar-refractivity contribution >= 4 is 50.0 Å². The van der Waals surface area contributed by atoms with E-state index in [1.165, 1.54) is 12.1 Å². The summed E-state index contributed by atoms with van der Waals surface area (Å²) in [6, 6.07) is 5.70. The molecule has 0 aromatic heterocycles. The lowest BCUT2D eigenvalue weighted by Gasteiger charge is -2.12. The molecule has 2 aromatic rings. The summed E-state index contributed by atoms with van der Waals surface area (Å²) in [6.07, 6.45) is 0. The van der Waals surface area contributed by atoms with E-state index in [2.05, 4.69) is 14.0 Å². The van der Waals surface area contributed by atoms with E-state index in [4.69, 9.17) is 0 Å². The SMILES string of the molecule is CC(=O)Nc1cc(NS(=O)(=O)c2cccc3c2N=S=N3)c(F)cc1F. The van der Waals surface area contributed by atoms with Crippen LogP contribution >= 0.6 is 0 Å². The van der Waals surface area contributed by atoms with Gasteiger partial charge in [-0.25, -0.2) is 17.2 Å². The van der Waals surface area contributed by atoms with Gasteiger partial charge in [-0.2, -0.15) is 8.73 Å². The average molecular weight is 384 g/mol. The molecule has 0 saturated carbocycles. The zero-order chi connectivity index (χ0) is 18.2. The maximum Gasteiger partial charge on any atom is 0.264 e. The number of rotatable bonds is 4. The summed E-state index contributed by atoms with van der Waals surface area (Å²) < 4.78 is 62.7. The highest BCUT2D eigenvalue weighted by Crippen LogP contribution is 2.38. The van der Waals surface area contributed by atoms with Gasteiger partial charge in [0, 0.05) is 13.0 Å². The number of benzene rings is 2. The largest absolute Gasteiger partial charge is 0.324 e. The number of carbonyl (C=O) groups is 1. The Morgan fingerprint density at radius 3 is 2.56 bits per heavy atom. The number of fused-ring (bicyclic) bond motifs is 1. The highest BCUT2D eigenvalue weighted by molar-refractivity contribution is 7.93. The molecular formula is C14H10F2N4O3S2. The molecular weight excluding hydrogens is 374 g/mol. The van der Waals surface area contributed by atoms with Crippen LogP contribution < -0.4 is 10.0 Å². The smallest absolute Gasteiger partial charge is 0.264 e. The maximum absolute atomic E-state index is 14.0. The molecule has 7 nitrogen and oxygen atoms in total. The Bertz CT molecular complexity index is 1060. The molecule has 0 radical (unpaired) electrons. The van der Waals surface area contributed by atoms with Gasteiger partial charge in [0.1, 0.15) is 27.9 Å². The van der Waals surface area contributed by atoms with Crippen LogP contribution in [0.25, 0.3) is 0 Å². The number of amides is 1. The zero-order valence-electron chi connectivity index (χ0n) is 12.6. The third-order valence-electron chi connectivity index (χ3n) is 3.15. The molecule has 0 spiro atoms. The monoisotopic (exact) mass is 384 g/mol. The zero-order valence-corrected chi connectivity index (χ0v) is 14.2. The summed E-state index contributed by atoms with van der Waals surface area (Å²) in [7, 11) is -4.21. The van der Waals surface area contributed by atoms with Crippen LogP contribution in [0.15, 0.2) is 44.0 Å². The van der Waals surface area contributed by atoms with E-state index < -0.39 is 33.3 Å². The molecule has 0 bridgehead atoms. The van der Waals surface area contributed by atoms with E-state index in [-0.39, 0.29) is 16.3 Å². The van der Waals surface area contributed by atoms with Crippen LogP contribution in [0.1, 0.15) is 6.92 Å². The number of hydrogen-bond acceptors (Lipinski definition) is 5. The summed E-state index contributed by atoms with van der Waals surface area (Å²) in [5.74, 6) is -2.74. The second-order valence-electron chi connectivity index (χ2n) is 4.99. The van der Waals surface area contributed by atoms with E-state index in [9.17, 15) is 22.0 Å². The van der Waals surface area contributed by atoms with Gasteiger partial charge < -0.3 is 5.32 Å². The summed E-state index contributed by atoms with van der Waals surface area (Å²) >= 11 is 0.840. The Morgan fingerprint density at radius 2 is 1.84 bits per heavy atom. The van der Waals surface area contributed by atoms with Crippen LogP contribution in [-0.2, 0) is 26.2 Å². The van der Waals surface area contributed by atoms with Crippen molar-refractivity contribution in [3.63, 3.8) is 0 Å². The Morgan fingerprint density at radius 1 is 1.12 bits per heavy atom. The second kappa shape index (κ2) is 6.33. The van der Waals surface area contributed by atoms with Crippen molar-refractivity contribution in [3.05, 3.63) is 42.0 Å². The molecule has 0 aliphatic carbocycles. The van der Waals surface area contributed by atoms with Gasteiger partial charge in [0.15, 0.2) is 0 Å². The molecule has 130 valence electrons. The highest BCUT2D eigenvalue weighted by Gasteiger charge is 2.24. The minimum Gasteiger partial charge on any atom is -0.324 e. The van der Waals surface area contributed by atoms with E-state index in [1.54, 1.807) is 6.07 Å². The number of nitrogens with one attached hydrogen (secondary N) is 2. The molecule has 1 amide bonds. The fraction of sp³-hybridized carbons (Fsp3) is 0.0714. The number of nitrogens with zero attached hydrogens (tertiary/aromatic N) is 2. The Hall–Kier alpha value is -2.66. The number of halogens is 2. The minimum atomic E-state index is -4.21. The van der Waals surface area contributed by atoms with Crippen LogP contribution in [0, 0.1) is 11.6 Å². The van der Waals surface area contributed by atoms with E-state index in [1.807, 2.05) is 4.72 Å². The second-order valence-corrected chi connectivity index (χ2v) is 7.17. The normalized spacial score (nSPS) is 12.4. The van der Waals surface area contributed by atoms with Gasteiger partial charge in [-0.05, 0) is 18.2 Å². The van der Waals surface area contributed by atoms with Crippen LogP contribution in [0.3, 0.4) is 0 Å². The first kappa shape index (κ1) is 17.2. The van der Waals surface area contributed by atoms with Gasteiger partial charge in [-0.3, -0.25) is 9.52 Å². The minimum absolute atomic E-state index is 0.143. The molecule has 3 rings (SSSR count). The van der Waals surface area contributed by atoms with Gasteiger partial charge in [-0.1, -0.05) is 6.07 Å². The first-order chi connectivity index (χ1) is 11.8. The van der Waals surface area contributed by atoms with Crippen molar-refractivity contribution in [2.45, 2.75) is 11.8 Å². The third kappa shape index (κ3) is 3.42. The molecule has 0 atom stereocenters. The standard InChI is InChI=1S/C14H10F2N4O3S2/c1-7(21)17-11-6-12(9(16)5-8(11)15)20-25(22,23)13-4-2-3-10-14(13)19-24-18-10/h2-6,20H,1H3,(H,17,21). The highest BCUT2D eigenvalue weighted by atomic mass is 32.2. The first-order valence-electron chi connectivity index (χ1n) is 6.78. The van der Waals surface area contributed by atoms with E-state index in [0.717, 1.165) is 24.3 Å². The van der Waals surface area contributed by atoms with Crippen LogP contribution in [-0.4, -0.2) is 14.3 Å². The lowest BCUT2D eigenvalue weighted by atomic mass is 10.2. The Balaban J connectivity index is 2.01. The lowest BCUT2D eigenvalue weighted by Crippen LogP contribution is -2.15. The van der Waals surface area contributed by atoms with Gasteiger partial charge in [0.05, 0.1) is 22.7 Å². The molecule has 2 N–H and O–H groups in total. The molecule has 0 saturated heterocycles. The van der Waals surface area contributed by atoms with Crippen molar-refractivity contribution in [1.82, 2.24) is 0 Å². The molecule has 25 heavy (non-hydrogen) atoms. The summed E-state index contributed by atoms with van der Waals surface area (Å²) in [4.78, 5) is 10.9. The van der Waals surface area contributed by atoms with Crippen molar-refractivity contribution in [1.29, 1.82) is 0 Å². The third-order valence-corrected chi connectivity index (χ3v) is 5.09. The molecule has 2 aromatic carbocycles. The molecule has 1 aliphatic heterocycles. The quantitative estimate of drug-likeness (QED) is 0.720. The summed E-state index contributed by atoms with van der Waals surface area (Å²) in [5, 5.41) is 2.16. The molecule has 11 heteroatoms. The van der Waals surface area contributed by atoms with Crippen molar-refractivity contribution in [2.24, 2.45) is 8.73 Å². The fourth-order valence-electron chi connectivity index (χ4n) is 2.11. The van der Waals surface area contributed by atoms with Gasteiger partial charge >= 0.3 is 0 Å². The van der Waals surface area contributed by atoms with Gasteiger partial charge in [0.25, 0.3) is 10.0 Å². The van der Waals surface area contributed by atoms with Crippen LogP contribution in [0.5, 0.6) is 0 Å². The number of hydrogen-bond donors (Lipinski definition) is 2. The predicted molar refractivity (Wildman–Crippen MR) is 89.5 cm³/mol. The average Bonchev–Trinajstić information content (AvgIpc) is 2.99. The van der Waals surface area contributed by atoms with Gasteiger partial charge in [-0.15, -0.1) is 0 Å². The first-order valence-corrected chi connectivity index (χ1v) is 9.00. The topological polar surface area (TPSA) is 100.0 Å². The molecule has 1 heterocycles. The van der Waals surface area contributed by atoms with Crippen molar-refractivity contribution in [2.75, 3.05) is 10.0 Å². The predicted octanol–water partition coefficient (Wildman–Crippen LogP) is 3.45. The molecule has 0 fully saturated rings.